The number of halogens is 2. The minimum atomic E-state index is -0.659. The fourth-order valence-corrected chi connectivity index (χ4v) is 5.29. The first-order valence-corrected chi connectivity index (χ1v) is 13.7. The number of ether oxygens (including phenoxy) is 3. The van der Waals surface area contributed by atoms with E-state index in [9.17, 15) is 14.4 Å². The minimum absolute atomic E-state index is 0.0419. The number of fused-ring (bicyclic) bond motifs is 2. The second-order valence-corrected chi connectivity index (χ2v) is 10.6. The SMILES string of the molecule is Cc1c(C(=O)Oc2ccc3c(c2)OC(N)=C(C#N)C3c2cccc(OCc3ccccc3F)c2)oc2cc(Br)ccc12. The Morgan fingerprint density at radius 1 is 1.05 bits per heavy atom. The predicted octanol–water partition coefficient (Wildman–Crippen LogP) is 7.66. The highest BCUT2D eigenvalue weighted by atomic mass is 79.9. The van der Waals surface area contributed by atoms with Crippen LogP contribution in [0.3, 0.4) is 0 Å². The van der Waals surface area contributed by atoms with Crippen molar-refractivity contribution in [1.82, 2.24) is 0 Å². The van der Waals surface area contributed by atoms with E-state index in [1.54, 1.807) is 67.6 Å². The number of hydrogen-bond donors (Lipinski definition) is 1. The number of rotatable bonds is 6. The molecule has 0 aliphatic carbocycles. The van der Waals surface area contributed by atoms with E-state index in [0.29, 0.717) is 33.8 Å². The second-order valence-electron chi connectivity index (χ2n) is 9.66. The number of carbonyl (C=O) groups excluding carboxylic acids is 1. The molecule has 1 unspecified atom stereocenters. The molecule has 0 bridgehead atoms. The molecule has 1 aromatic heterocycles. The first kappa shape index (κ1) is 27.1. The fourth-order valence-electron chi connectivity index (χ4n) is 4.95. The molecule has 1 aliphatic heterocycles. The number of carbonyl (C=O) groups is 1. The molecule has 5 aromatic rings. The number of aryl methyl sites for hydroxylation is 1. The summed E-state index contributed by atoms with van der Waals surface area (Å²) in [6.07, 6.45) is 0. The quantitative estimate of drug-likeness (QED) is 0.153. The zero-order chi connectivity index (χ0) is 29.4. The summed E-state index contributed by atoms with van der Waals surface area (Å²) in [5.41, 5.74) is 9.42. The molecule has 0 spiro atoms. The van der Waals surface area contributed by atoms with Crippen molar-refractivity contribution in [2.75, 3.05) is 0 Å². The summed E-state index contributed by atoms with van der Waals surface area (Å²) in [6.45, 7) is 1.83. The van der Waals surface area contributed by atoms with Crippen LogP contribution in [0.25, 0.3) is 11.0 Å². The van der Waals surface area contributed by atoms with Crippen LogP contribution in [0.5, 0.6) is 17.2 Å². The first-order chi connectivity index (χ1) is 20.3. The van der Waals surface area contributed by atoms with Gasteiger partial charge in [-0.3, -0.25) is 0 Å². The molecule has 9 heteroatoms. The third-order valence-corrected chi connectivity index (χ3v) is 7.52. The lowest BCUT2D eigenvalue weighted by atomic mass is 9.83. The first-order valence-electron chi connectivity index (χ1n) is 12.9. The van der Waals surface area contributed by atoms with Crippen LogP contribution in [-0.4, -0.2) is 5.97 Å². The molecule has 2 heterocycles. The highest BCUT2D eigenvalue weighted by Gasteiger charge is 2.31. The molecule has 4 aromatic carbocycles. The summed E-state index contributed by atoms with van der Waals surface area (Å²) < 4.78 is 38.0. The van der Waals surface area contributed by atoms with E-state index in [1.807, 2.05) is 18.2 Å². The average molecular weight is 625 g/mol. The maximum atomic E-state index is 14.1. The Morgan fingerprint density at radius 2 is 1.88 bits per heavy atom. The Morgan fingerprint density at radius 3 is 2.69 bits per heavy atom. The summed E-state index contributed by atoms with van der Waals surface area (Å²) >= 11 is 3.41. The van der Waals surface area contributed by atoms with Gasteiger partial charge in [0, 0.05) is 32.6 Å². The highest BCUT2D eigenvalue weighted by molar-refractivity contribution is 9.10. The average Bonchev–Trinajstić information content (AvgIpc) is 3.31. The van der Waals surface area contributed by atoms with Crippen molar-refractivity contribution >= 4 is 32.9 Å². The van der Waals surface area contributed by atoms with E-state index < -0.39 is 11.9 Å². The standard InChI is InChI=1S/C33H22BrFN2O5/c1-18-24-11-9-21(34)14-28(24)41-31(18)33(38)40-23-10-12-25-29(15-23)42-32(37)26(16-36)30(25)19-6-4-7-22(13-19)39-17-20-5-2-3-8-27(20)35/h2-15,30H,17,37H2,1H3. The molecule has 6 rings (SSSR count). The van der Waals surface area contributed by atoms with Gasteiger partial charge in [0.2, 0.25) is 11.6 Å². The lowest BCUT2D eigenvalue weighted by Gasteiger charge is -2.27. The van der Waals surface area contributed by atoms with E-state index in [4.69, 9.17) is 24.4 Å². The lowest BCUT2D eigenvalue weighted by molar-refractivity contribution is 0.0702. The molecule has 0 fully saturated rings. The number of allylic oxidation sites excluding steroid dienone is 1. The highest BCUT2D eigenvalue weighted by Crippen LogP contribution is 2.44. The van der Waals surface area contributed by atoms with Crippen molar-refractivity contribution in [3.63, 3.8) is 0 Å². The fraction of sp³-hybridized carbons (Fsp3) is 0.0909. The van der Waals surface area contributed by atoms with E-state index >= 15 is 0 Å². The van der Waals surface area contributed by atoms with Crippen molar-refractivity contribution in [1.29, 1.82) is 5.26 Å². The normalized spacial score (nSPS) is 14.2. The Kier molecular flexibility index (Phi) is 7.15. The van der Waals surface area contributed by atoms with Crippen LogP contribution in [0, 0.1) is 24.1 Å². The molecule has 1 atom stereocenters. The largest absolute Gasteiger partial charge is 0.489 e. The zero-order valence-corrected chi connectivity index (χ0v) is 23.8. The van der Waals surface area contributed by atoms with E-state index in [-0.39, 0.29) is 35.4 Å². The van der Waals surface area contributed by atoms with Gasteiger partial charge in [-0.2, -0.15) is 5.26 Å². The van der Waals surface area contributed by atoms with Gasteiger partial charge < -0.3 is 24.4 Å². The van der Waals surface area contributed by atoms with Gasteiger partial charge in [-0.05, 0) is 55.0 Å². The molecule has 208 valence electrons. The minimum Gasteiger partial charge on any atom is -0.489 e. The van der Waals surface area contributed by atoms with E-state index in [0.717, 1.165) is 15.4 Å². The summed E-state index contributed by atoms with van der Waals surface area (Å²) in [4.78, 5) is 13.0. The smallest absolute Gasteiger partial charge is 0.379 e. The van der Waals surface area contributed by atoms with Crippen molar-refractivity contribution in [2.24, 2.45) is 5.73 Å². The summed E-state index contributed by atoms with van der Waals surface area (Å²) in [6, 6.07) is 26.1. The molecule has 0 amide bonds. The van der Waals surface area contributed by atoms with Crippen LogP contribution in [-0.2, 0) is 6.61 Å². The molecule has 42 heavy (non-hydrogen) atoms. The van der Waals surface area contributed by atoms with Gasteiger partial charge in [0.25, 0.3) is 0 Å². The van der Waals surface area contributed by atoms with Crippen molar-refractivity contribution < 1.29 is 27.8 Å². The van der Waals surface area contributed by atoms with Gasteiger partial charge in [-0.1, -0.05) is 52.3 Å². The van der Waals surface area contributed by atoms with Gasteiger partial charge >= 0.3 is 5.97 Å². The van der Waals surface area contributed by atoms with Crippen LogP contribution >= 0.6 is 15.9 Å². The third-order valence-electron chi connectivity index (χ3n) is 7.03. The van der Waals surface area contributed by atoms with Crippen molar-refractivity contribution in [3.05, 3.63) is 135 Å². The molecule has 1 aliphatic rings. The van der Waals surface area contributed by atoms with Gasteiger partial charge in [0.05, 0.1) is 5.92 Å². The number of nitrogens with two attached hydrogens (primary N) is 1. The van der Waals surface area contributed by atoms with Crippen molar-refractivity contribution in [3.8, 4) is 23.3 Å². The van der Waals surface area contributed by atoms with Crippen LogP contribution in [0.2, 0.25) is 0 Å². The maximum absolute atomic E-state index is 14.1. The van der Waals surface area contributed by atoms with E-state index in [2.05, 4.69) is 22.0 Å². The van der Waals surface area contributed by atoms with Crippen LogP contribution in [0.1, 0.15) is 38.7 Å². The molecule has 0 saturated heterocycles. The number of hydrogen-bond acceptors (Lipinski definition) is 7. The number of benzene rings is 4. The molecular weight excluding hydrogens is 603 g/mol. The second kappa shape index (κ2) is 11.1. The zero-order valence-electron chi connectivity index (χ0n) is 22.2. The topological polar surface area (TPSA) is 108 Å². The monoisotopic (exact) mass is 624 g/mol. The Hall–Kier alpha value is -5.07. The summed E-state index contributed by atoms with van der Waals surface area (Å²) in [5.74, 6) is -0.496. The Bertz CT molecular complexity index is 1940. The molecule has 0 radical (unpaired) electrons. The van der Waals surface area contributed by atoms with Gasteiger partial charge in [-0.25, -0.2) is 9.18 Å². The van der Waals surface area contributed by atoms with Gasteiger partial charge in [0.15, 0.2) is 0 Å². The van der Waals surface area contributed by atoms with Crippen LogP contribution < -0.4 is 19.9 Å². The van der Waals surface area contributed by atoms with Crippen LogP contribution in [0.4, 0.5) is 4.39 Å². The van der Waals surface area contributed by atoms with Gasteiger partial charge in [-0.15, -0.1) is 0 Å². The number of esters is 1. The molecule has 2 N–H and O–H groups in total. The van der Waals surface area contributed by atoms with Gasteiger partial charge in [0.1, 0.15) is 46.9 Å². The molecular formula is C33H22BrFN2O5. The third kappa shape index (κ3) is 5.08. The predicted molar refractivity (Wildman–Crippen MR) is 157 cm³/mol. The maximum Gasteiger partial charge on any atom is 0.379 e. The molecule has 7 nitrogen and oxygen atoms in total. The summed E-state index contributed by atoms with van der Waals surface area (Å²) in [7, 11) is 0. The number of furan rings is 1. The van der Waals surface area contributed by atoms with Crippen molar-refractivity contribution in [2.45, 2.75) is 19.4 Å². The number of nitriles is 1. The lowest BCUT2D eigenvalue weighted by Crippen LogP contribution is -2.21. The molecule has 0 saturated carbocycles. The Balaban J connectivity index is 1.28. The number of nitrogens with zero attached hydrogens (tertiary/aromatic N) is 1. The summed E-state index contributed by atoms with van der Waals surface area (Å²) in [5, 5.41) is 10.8. The van der Waals surface area contributed by atoms with E-state index in [1.165, 1.54) is 6.07 Å². The Labute approximate surface area is 248 Å². The van der Waals surface area contributed by atoms with Crippen LogP contribution in [0.15, 0.2) is 105 Å².